The third-order valence-electron chi connectivity index (χ3n) is 2.19. The Morgan fingerprint density at radius 2 is 2.00 bits per heavy atom. The van der Waals surface area contributed by atoms with Crippen molar-refractivity contribution in [3.8, 4) is 0 Å². The summed E-state index contributed by atoms with van der Waals surface area (Å²) in [5, 5.41) is 2.34. The van der Waals surface area contributed by atoms with E-state index in [-0.39, 0.29) is 5.54 Å². The highest BCUT2D eigenvalue weighted by Crippen LogP contribution is 2.15. The molecule has 0 aromatic carbocycles. The van der Waals surface area contributed by atoms with Crippen molar-refractivity contribution >= 4 is 17.4 Å². The maximum Gasteiger partial charge on any atom is 0.0584 e. The molecule has 0 aromatic rings. The highest BCUT2D eigenvalue weighted by molar-refractivity contribution is 7.78. The topological polar surface area (TPSA) is 38.4 Å². The predicted octanol–water partition coefficient (Wildman–Crippen LogP) is 2.00. The van der Waals surface area contributed by atoms with Crippen LogP contribution in [-0.4, -0.2) is 17.2 Å². The Hall–Kier alpha value is -0.240. The number of nitrogens with two attached hydrogens (primary N) is 1. The zero-order valence-electron chi connectivity index (χ0n) is 7.26. The van der Waals surface area contributed by atoms with Gasteiger partial charge in [-0.15, -0.1) is 0 Å². The lowest BCUT2D eigenvalue weighted by Crippen LogP contribution is -2.38. The molecule has 0 unspecified atom stereocenters. The quantitative estimate of drug-likeness (QED) is 0.509. The van der Waals surface area contributed by atoms with E-state index < -0.39 is 0 Å². The van der Waals surface area contributed by atoms with Gasteiger partial charge >= 0.3 is 0 Å². The maximum absolute atomic E-state index is 6.02. The van der Waals surface area contributed by atoms with E-state index in [1.54, 1.807) is 0 Å². The molecule has 0 aliphatic heterocycles. The Kier molecular flexibility index (Phi) is 5.30. The first-order chi connectivity index (χ1) is 5.18. The average molecular weight is 172 g/mol. The van der Waals surface area contributed by atoms with E-state index in [9.17, 15) is 0 Å². The Labute approximate surface area is 73.9 Å². The van der Waals surface area contributed by atoms with Gasteiger partial charge in [0.15, 0.2) is 0 Å². The van der Waals surface area contributed by atoms with E-state index in [0.29, 0.717) is 6.54 Å². The number of aliphatic imine (C=N–C) groups is 1. The Morgan fingerprint density at radius 1 is 1.45 bits per heavy atom. The van der Waals surface area contributed by atoms with E-state index in [0.717, 1.165) is 19.3 Å². The summed E-state index contributed by atoms with van der Waals surface area (Å²) in [4.78, 5) is 3.84. The summed E-state index contributed by atoms with van der Waals surface area (Å²) in [7, 11) is 0. The molecular formula is C8H16N2S. The highest BCUT2D eigenvalue weighted by Gasteiger charge is 2.18. The van der Waals surface area contributed by atoms with Gasteiger partial charge in [-0.1, -0.05) is 13.8 Å². The van der Waals surface area contributed by atoms with Gasteiger partial charge in [0.1, 0.15) is 0 Å². The largest absolute Gasteiger partial charge is 0.325 e. The Morgan fingerprint density at radius 3 is 2.36 bits per heavy atom. The normalized spacial score (nSPS) is 10.8. The summed E-state index contributed by atoms with van der Waals surface area (Å²) in [5.41, 5.74) is 5.97. The fraction of sp³-hybridized carbons (Fsp3) is 0.875. The zero-order chi connectivity index (χ0) is 8.74. The molecule has 0 aliphatic carbocycles. The lowest BCUT2D eigenvalue weighted by atomic mass is 9.90. The molecule has 0 fully saturated rings. The minimum Gasteiger partial charge on any atom is -0.325 e. The van der Waals surface area contributed by atoms with Gasteiger partial charge in [-0.2, -0.15) is 0 Å². The van der Waals surface area contributed by atoms with Gasteiger partial charge in [-0.05, 0) is 31.5 Å². The third kappa shape index (κ3) is 4.25. The molecule has 0 aliphatic rings. The third-order valence-corrected chi connectivity index (χ3v) is 2.32. The van der Waals surface area contributed by atoms with Gasteiger partial charge in [0.25, 0.3) is 0 Å². The first-order valence-corrected chi connectivity index (χ1v) is 4.42. The van der Waals surface area contributed by atoms with E-state index in [2.05, 4.69) is 36.2 Å². The van der Waals surface area contributed by atoms with Crippen LogP contribution in [0.3, 0.4) is 0 Å². The smallest absolute Gasteiger partial charge is 0.0584 e. The summed E-state index contributed by atoms with van der Waals surface area (Å²) in [6.07, 6.45) is 2.90. The minimum absolute atomic E-state index is 0.0459. The molecule has 64 valence electrons. The van der Waals surface area contributed by atoms with Crippen LogP contribution in [0.4, 0.5) is 0 Å². The van der Waals surface area contributed by atoms with Crippen molar-refractivity contribution in [1.82, 2.24) is 0 Å². The van der Waals surface area contributed by atoms with Crippen LogP contribution in [0.1, 0.15) is 33.1 Å². The first kappa shape index (κ1) is 10.8. The van der Waals surface area contributed by atoms with Crippen LogP contribution in [0.15, 0.2) is 4.99 Å². The summed E-state index contributed by atoms with van der Waals surface area (Å²) >= 11 is 4.46. The van der Waals surface area contributed by atoms with Crippen LogP contribution >= 0.6 is 12.2 Å². The SMILES string of the molecule is CCC(N)(CC)CCN=C=S. The van der Waals surface area contributed by atoms with Crippen molar-refractivity contribution in [1.29, 1.82) is 0 Å². The number of hydrogen-bond donors (Lipinski definition) is 1. The van der Waals surface area contributed by atoms with Crippen LogP contribution in [-0.2, 0) is 0 Å². The van der Waals surface area contributed by atoms with Crippen molar-refractivity contribution in [3.05, 3.63) is 0 Å². The van der Waals surface area contributed by atoms with E-state index >= 15 is 0 Å². The molecular weight excluding hydrogens is 156 g/mol. The van der Waals surface area contributed by atoms with Crippen molar-refractivity contribution in [2.24, 2.45) is 10.7 Å². The van der Waals surface area contributed by atoms with Crippen molar-refractivity contribution in [3.63, 3.8) is 0 Å². The zero-order valence-corrected chi connectivity index (χ0v) is 8.08. The van der Waals surface area contributed by atoms with Gasteiger partial charge in [0, 0.05) is 5.54 Å². The highest BCUT2D eigenvalue weighted by atomic mass is 32.1. The molecule has 0 aromatic heterocycles. The predicted molar refractivity (Wildman–Crippen MR) is 52.0 cm³/mol. The molecule has 0 radical (unpaired) electrons. The fourth-order valence-corrected chi connectivity index (χ4v) is 1.02. The van der Waals surface area contributed by atoms with Gasteiger partial charge in [-0.25, -0.2) is 4.99 Å². The fourth-order valence-electron chi connectivity index (χ4n) is 0.928. The number of nitrogens with zero attached hydrogens (tertiary/aromatic N) is 1. The van der Waals surface area contributed by atoms with Crippen LogP contribution in [0.25, 0.3) is 0 Å². The first-order valence-electron chi connectivity index (χ1n) is 4.01. The van der Waals surface area contributed by atoms with Gasteiger partial charge in [0.2, 0.25) is 0 Å². The molecule has 0 spiro atoms. The average Bonchev–Trinajstić information content (AvgIpc) is 2.05. The van der Waals surface area contributed by atoms with E-state index in [4.69, 9.17) is 5.73 Å². The van der Waals surface area contributed by atoms with Gasteiger partial charge in [0.05, 0.1) is 11.7 Å². The molecule has 0 rings (SSSR count). The van der Waals surface area contributed by atoms with Crippen LogP contribution in [0, 0.1) is 0 Å². The molecule has 2 N–H and O–H groups in total. The Balaban J connectivity index is 3.77. The van der Waals surface area contributed by atoms with Crippen LogP contribution in [0.5, 0.6) is 0 Å². The van der Waals surface area contributed by atoms with Crippen molar-refractivity contribution in [2.75, 3.05) is 6.54 Å². The number of rotatable bonds is 5. The molecule has 2 nitrogen and oxygen atoms in total. The van der Waals surface area contributed by atoms with Crippen molar-refractivity contribution < 1.29 is 0 Å². The monoisotopic (exact) mass is 172 g/mol. The maximum atomic E-state index is 6.02. The molecule has 3 heteroatoms. The van der Waals surface area contributed by atoms with Gasteiger partial charge < -0.3 is 5.73 Å². The summed E-state index contributed by atoms with van der Waals surface area (Å²) in [5.74, 6) is 0. The second-order valence-corrected chi connectivity index (χ2v) is 2.98. The molecule has 0 saturated heterocycles. The summed E-state index contributed by atoms with van der Waals surface area (Å²) in [6, 6.07) is 0. The summed E-state index contributed by atoms with van der Waals surface area (Å²) < 4.78 is 0. The lowest BCUT2D eigenvalue weighted by Gasteiger charge is -2.25. The molecule has 0 bridgehead atoms. The molecule has 0 atom stereocenters. The molecule has 11 heavy (non-hydrogen) atoms. The Bertz CT molecular complexity index is 146. The molecule has 0 saturated carbocycles. The second kappa shape index (κ2) is 5.42. The van der Waals surface area contributed by atoms with Crippen LogP contribution in [0.2, 0.25) is 0 Å². The number of thiocarbonyl (C=S) groups is 1. The lowest BCUT2D eigenvalue weighted by molar-refractivity contribution is 0.373. The standard InChI is InChI=1S/C8H16N2S/c1-3-8(9,4-2)5-6-10-7-11/h3-6,9H2,1-2H3. The summed E-state index contributed by atoms with van der Waals surface area (Å²) in [6.45, 7) is 4.91. The number of isothiocyanates is 1. The molecule has 0 amide bonds. The number of hydrogen-bond acceptors (Lipinski definition) is 3. The second-order valence-electron chi connectivity index (χ2n) is 2.79. The van der Waals surface area contributed by atoms with Crippen molar-refractivity contribution in [2.45, 2.75) is 38.6 Å². The van der Waals surface area contributed by atoms with E-state index in [1.807, 2.05) is 0 Å². The van der Waals surface area contributed by atoms with E-state index in [1.165, 1.54) is 0 Å². The molecule has 0 heterocycles. The van der Waals surface area contributed by atoms with Crippen LogP contribution < -0.4 is 5.73 Å². The van der Waals surface area contributed by atoms with Gasteiger partial charge in [-0.3, -0.25) is 0 Å². The minimum atomic E-state index is -0.0459.